The van der Waals surface area contributed by atoms with Crippen molar-refractivity contribution in [3.05, 3.63) is 34.9 Å². The van der Waals surface area contributed by atoms with Crippen LogP contribution in [0.2, 0.25) is 0 Å². The standard InChI is InChI=1S/C17H24F2N2/c1-10(2)5-11-6-13(18)17(14(19)7-11)16-8-12-9-20-4-3-15(12)21-16/h6-7,10,12,15-16,20-21H,3-5,8-9H2,1-2H3. The molecule has 0 bridgehead atoms. The normalized spacial score (nSPS) is 28.9. The van der Waals surface area contributed by atoms with Gasteiger partial charge in [-0.3, -0.25) is 0 Å². The Balaban J connectivity index is 1.82. The third kappa shape index (κ3) is 3.11. The van der Waals surface area contributed by atoms with E-state index in [9.17, 15) is 8.78 Å². The molecule has 2 heterocycles. The highest BCUT2D eigenvalue weighted by atomic mass is 19.1. The van der Waals surface area contributed by atoms with Gasteiger partial charge in [0.2, 0.25) is 0 Å². The van der Waals surface area contributed by atoms with Gasteiger partial charge in [0.25, 0.3) is 0 Å². The van der Waals surface area contributed by atoms with Gasteiger partial charge in [-0.25, -0.2) is 8.78 Å². The molecule has 0 spiro atoms. The Morgan fingerprint density at radius 1 is 1.24 bits per heavy atom. The SMILES string of the molecule is CC(C)Cc1cc(F)c(C2CC3CNCCC3N2)c(F)c1. The fraction of sp³-hybridized carbons (Fsp3) is 0.647. The molecule has 2 aliphatic rings. The summed E-state index contributed by atoms with van der Waals surface area (Å²) in [4.78, 5) is 0. The van der Waals surface area contributed by atoms with Crippen molar-refractivity contribution in [2.24, 2.45) is 11.8 Å². The average Bonchev–Trinajstić information content (AvgIpc) is 2.80. The fourth-order valence-electron chi connectivity index (χ4n) is 3.78. The van der Waals surface area contributed by atoms with Gasteiger partial charge < -0.3 is 10.6 Å². The third-order valence-corrected chi connectivity index (χ3v) is 4.69. The molecule has 2 N–H and O–H groups in total. The molecule has 1 aromatic carbocycles. The van der Waals surface area contributed by atoms with Crippen LogP contribution in [0, 0.1) is 23.5 Å². The monoisotopic (exact) mass is 294 g/mol. The van der Waals surface area contributed by atoms with Gasteiger partial charge in [-0.1, -0.05) is 13.8 Å². The summed E-state index contributed by atoms with van der Waals surface area (Å²) in [5.74, 6) is 0.0931. The summed E-state index contributed by atoms with van der Waals surface area (Å²) >= 11 is 0. The number of hydrogen-bond donors (Lipinski definition) is 2. The predicted molar refractivity (Wildman–Crippen MR) is 80.2 cm³/mol. The first-order chi connectivity index (χ1) is 10.0. The van der Waals surface area contributed by atoms with Crippen molar-refractivity contribution in [3.63, 3.8) is 0 Å². The van der Waals surface area contributed by atoms with E-state index < -0.39 is 11.6 Å². The number of nitrogens with one attached hydrogen (secondary N) is 2. The fourth-order valence-corrected chi connectivity index (χ4v) is 3.78. The van der Waals surface area contributed by atoms with Gasteiger partial charge in [-0.15, -0.1) is 0 Å². The number of fused-ring (bicyclic) bond motifs is 1. The van der Waals surface area contributed by atoms with Crippen LogP contribution in [0.15, 0.2) is 12.1 Å². The number of halogens is 2. The van der Waals surface area contributed by atoms with Crippen LogP contribution >= 0.6 is 0 Å². The van der Waals surface area contributed by atoms with Crippen LogP contribution in [-0.4, -0.2) is 19.1 Å². The van der Waals surface area contributed by atoms with E-state index in [1.807, 2.05) is 0 Å². The zero-order valence-electron chi connectivity index (χ0n) is 12.8. The van der Waals surface area contributed by atoms with Crippen LogP contribution in [0.1, 0.15) is 43.9 Å². The lowest BCUT2D eigenvalue weighted by Crippen LogP contribution is -2.41. The molecule has 0 aromatic heterocycles. The Hall–Kier alpha value is -1.00. The molecule has 3 unspecified atom stereocenters. The van der Waals surface area contributed by atoms with E-state index in [0.717, 1.165) is 31.5 Å². The van der Waals surface area contributed by atoms with E-state index in [1.54, 1.807) is 0 Å². The smallest absolute Gasteiger partial charge is 0.131 e. The van der Waals surface area contributed by atoms with Crippen LogP contribution in [0.5, 0.6) is 0 Å². The molecule has 0 amide bonds. The molecule has 2 saturated heterocycles. The van der Waals surface area contributed by atoms with Crippen molar-refractivity contribution in [2.75, 3.05) is 13.1 Å². The highest BCUT2D eigenvalue weighted by molar-refractivity contribution is 5.30. The summed E-state index contributed by atoms with van der Waals surface area (Å²) in [6.45, 7) is 6.04. The summed E-state index contributed by atoms with van der Waals surface area (Å²) in [5.41, 5.74) is 0.984. The van der Waals surface area contributed by atoms with Crippen LogP contribution in [0.4, 0.5) is 8.78 Å². The summed E-state index contributed by atoms with van der Waals surface area (Å²) in [7, 11) is 0. The summed E-state index contributed by atoms with van der Waals surface area (Å²) in [5, 5.41) is 6.79. The van der Waals surface area contributed by atoms with Gasteiger partial charge in [0.05, 0.1) is 0 Å². The minimum atomic E-state index is -0.394. The third-order valence-electron chi connectivity index (χ3n) is 4.69. The van der Waals surface area contributed by atoms with Crippen LogP contribution in [0.25, 0.3) is 0 Å². The second-order valence-corrected chi connectivity index (χ2v) is 6.89. The van der Waals surface area contributed by atoms with E-state index >= 15 is 0 Å². The first-order valence-corrected chi connectivity index (χ1v) is 7.99. The maximum atomic E-state index is 14.4. The van der Waals surface area contributed by atoms with Gasteiger partial charge in [-0.2, -0.15) is 0 Å². The lowest BCUT2D eigenvalue weighted by molar-refractivity contribution is 0.344. The Morgan fingerprint density at radius 2 is 1.95 bits per heavy atom. The second-order valence-electron chi connectivity index (χ2n) is 6.89. The Bertz CT molecular complexity index is 479. The van der Waals surface area contributed by atoms with Crippen molar-refractivity contribution in [3.8, 4) is 0 Å². The van der Waals surface area contributed by atoms with E-state index in [1.165, 1.54) is 12.1 Å². The van der Waals surface area contributed by atoms with Crippen LogP contribution in [0.3, 0.4) is 0 Å². The molecule has 3 atom stereocenters. The minimum Gasteiger partial charge on any atom is -0.316 e. The summed E-state index contributed by atoms with van der Waals surface area (Å²) in [6, 6.07) is 3.24. The van der Waals surface area contributed by atoms with Crippen molar-refractivity contribution in [1.29, 1.82) is 0 Å². The molecular formula is C17H24F2N2. The zero-order valence-corrected chi connectivity index (χ0v) is 12.8. The maximum absolute atomic E-state index is 14.4. The summed E-state index contributed by atoms with van der Waals surface area (Å²) < 4.78 is 28.8. The lowest BCUT2D eigenvalue weighted by Gasteiger charge is -2.25. The quantitative estimate of drug-likeness (QED) is 0.895. The number of hydrogen-bond acceptors (Lipinski definition) is 2. The van der Waals surface area contributed by atoms with Crippen LogP contribution in [-0.2, 0) is 6.42 Å². The first-order valence-electron chi connectivity index (χ1n) is 7.99. The topological polar surface area (TPSA) is 24.1 Å². The summed E-state index contributed by atoms with van der Waals surface area (Å²) in [6.07, 6.45) is 2.56. The lowest BCUT2D eigenvalue weighted by atomic mass is 9.91. The molecule has 0 saturated carbocycles. The molecule has 3 rings (SSSR count). The molecule has 4 heteroatoms. The molecule has 1 aromatic rings. The molecule has 21 heavy (non-hydrogen) atoms. The minimum absolute atomic E-state index is 0.187. The number of benzene rings is 1. The molecular weight excluding hydrogens is 270 g/mol. The van der Waals surface area contributed by atoms with Gasteiger partial charge in [0.1, 0.15) is 11.6 Å². The predicted octanol–water partition coefficient (Wildman–Crippen LogP) is 3.18. The maximum Gasteiger partial charge on any atom is 0.131 e. The van der Waals surface area contributed by atoms with Crippen molar-refractivity contribution < 1.29 is 8.78 Å². The second kappa shape index (κ2) is 6.01. The molecule has 0 aliphatic carbocycles. The molecule has 0 radical (unpaired) electrons. The highest BCUT2D eigenvalue weighted by Crippen LogP contribution is 2.36. The van der Waals surface area contributed by atoms with Gasteiger partial charge >= 0.3 is 0 Å². The molecule has 116 valence electrons. The Labute approximate surface area is 125 Å². The average molecular weight is 294 g/mol. The highest BCUT2D eigenvalue weighted by Gasteiger charge is 2.37. The van der Waals surface area contributed by atoms with Crippen molar-refractivity contribution in [1.82, 2.24) is 10.6 Å². The van der Waals surface area contributed by atoms with E-state index in [4.69, 9.17) is 0 Å². The molecule has 2 aliphatic heterocycles. The number of rotatable bonds is 3. The number of piperidine rings is 1. The van der Waals surface area contributed by atoms with Gasteiger partial charge in [0, 0.05) is 17.6 Å². The van der Waals surface area contributed by atoms with E-state index in [-0.39, 0.29) is 11.6 Å². The van der Waals surface area contributed by atoms with Crippen LogP contribution < -0.4 is 10.6 Å². The molecule has 2 fully saturated rings. The van der Waals surface area contributed by atoms with E-state index in [2.05, 4.69) is 24.5 Å². The Morgan fingerprint density at radius 3 is 2.57 bits per heavy atom. The first kappa shape index (κ1) is 14.9. The molecule has 2 nitrogen and oxygen atoms in total. The van der Waals surface area contributed by atoms with Crippen molar-refractivity contribution in [2.45, 2.75) is 45.2 Å². The van der Waals surface area contributed by atoms with E-state index in [0.29, 0.717) is 24.3 Å². The van der Waals surface area contributed by atoms with Crippen molar-refractivity contribution >= 4 is 0 Å². The zero-order chi connectivity index (χ0) is 15.0. The van der Waals surface area contributed by atoms with Gasteiger partial charge in [0.15, 0.2) is 0 Å². The van der Waals surface area contributed by atoms with Gasteiger partial charge in [-0.05, 0) is 61.9 Å². The largest absolute Gasteiger partial charge is 0.316 e. The Kier molecular flexibility index (Phi) is 4.27.